The second kappa shape index (κ2) is 5.99. The molecular formula is C15H22N2. The first kappa shape index (κ1) is 12.3. The molecule has 2 atom stereocenters. The Bertz CT molecular complexity index is 358. The number of nitrogens with zero attached hydrogens (tertiary/aromatic N) is 1. The molecule has 0 amide bonds. The van der Waals surface area contributed by atoms with Crippen LogP contribution in [0.4, 0.5) is 0 Å². The van der Waals surface area contributed by atoms with Crippen molar-refractivity contribution in [1.82, 2.24) is 4.90 Å². The van der Waals surface area contributed by atoms with E-state index < -0.39 is 0 Å². The third kappa shape index (κ3) is 3.42. The lowest BCUT2D eigenvalue weighted by molar-refractivity contribution is 0.294. The van der Waals surface area contributed by atoms with E-state index in [9.17, 15) is 0 Å². The smallest absolute Gasteiger partial charge is 0.0169 e. The summed E-state index contributed by atoms with van der Waals surface area (Å²) in [5.41, 5.74) is 7.01. The van der Waals surface area contributed by atoms with E-state index in [0.717, 1.165) is 19.6 Å². The summed E-state index contributed by atoms with van der Waals surface area (Å²) in [5.74, 6) is 0.690. The minimum absolute atomic E-state index is 0.670. The van der Waals surface area contributed by atoms with Crippen LogP contribution >= 0.6 is 0 Å². The number of hydrogen-bond donors (Lipinski definition) is 1. The van der Waals surface area contributed by atoms with Crippen molar-refractivity contribution in [3.8, 4) is 0 Å². The highest BCUT2D eigenvalue weighted by Crippen LogP contribution is 2.21. The first-order chi connectivity index (χ1) is 8.29. The highest BCUT2D eigenvalue weighted by atomic mass is 15.2. The third-order valence-corrected chi connectivity index (χ3v) is 3.57. The SMILES string of the molecule is CC1CC(CN)CN1C/C=C/c1ccccc1. The summed E-state index contributed by atoms with van der Waals surface area (Å²) in [6.45, 7) is 5.30. The van der Waals surface area contributed by atoms with Gasteiger partial charge in [-0.05, 0) is 31.4 Å². The van der Waals surface area contributed by atoms with Crippen molar-refractivity contribution in [3.63, 3.8) is 0 Å². The van der Waals surface area contributed by atoms with Gasteiger partial charge in [0.15, 0.2) is 0 Å². The van der Waals surface area contributed by atoms with Crippen molar-refractivity contribution in [2.24, 2.45) is 11.7 Å². The molecule has 1 aromatic rings. The minimum atomic E-state index is 0.670. The molecule has 0 spiro atoms. The van der Waals surface area contributed by atoms with Crippen LogP contribution in [0.25, 0.3) is 6.08 Å². The maximum Gasteiger partial charge on any atom is 0.0169 e. The Kier molecular flexibility index (Phi) is 4.35. The topological polar surface area (TPSA) is 29.3 Å². The highest BCUT2D eigenvalue weighted by Gasteiger charge is 2.26. The number of likely N-dealkylation sites (tertiary alicyclic amines) is 1. The molecule has 1 aliphatic rings. The number of rotatable bonds is 4. The molecule has 2 unspecified atom stereocenters. The fraction of sp³-hybridized carbons (Fsp3) is 0.467. The molecule has 0 radical (unpaired) electrons. The van der Waals surface area contributed by atoms with Gasteiger partial charge < -0.3 is 5.73 Å². The molecule has 2 rings (SSSR count). The van der Waals surface area contributed by atoms with Crippen molar-refractivity contribution in [1.29, 1.82) is 0 Å². The van der Waals surface area contributed by atoms with Gasteiger partial charge in [0.2, 0.25) is 0 Å². The van der Waals surface area contributed by atoms with Gasteiger partial charge in [0, 0.05) is 19.1 Å². The molecule has 1 aliphatic heterocycles. The largest absolute Gasteiger partial charge is 0.330 e. The molecule has 92 valence electrons. The van der Waals surface area contributed by atoms with Crippen molar-refractivity contribution >= 4 is 6.08 Å². The van der Waals surface area contributed by atoms with Crippen molar-refractivity contribution < 1.29 is 0 Å². The van der Waals surface area contributed by atoms with E-state index in [1.807, 2.05) is 6.07 Å². The minimum Gasteiger partial charge on any atom is -0.330 e. The quantitative estimate of drug-likeness (QED) is 0.860. The molecule has 2 nitrogen and oxygen atoms in total. The Balaban J connectivity index is 1.84. The second-order valence-electron chi connectivity index (χ2n) is 4.95. The molecule has 0 aromatic heterocycles. The third-order valence-electron chi connectivity index (χ3n) is 3.57. The average Bonchev–Trinajstić information content (AvgIpc) is 2.72. The normalized spacial score (nSPS) is 25.8. The molecule has 2 N–H and O–H groups in total. The molecule has 0 saturated carbocycles. The molecule has 0 aliphatic carbocycles. The van der Waals surface area contributed by atoms with Crippen LogP contribution in [-0.4, -0.2) is 30.6 Å². The summed E-state index contributed by atoms with van der Waals surface area (Å²) in [4.78, 5) is 2.51. The number of nitrogens with two attached hydrogens (primary N) is 1. The molecule has 17 heavy (non-hydrogen) atoms. The van der Waals surface area contributed by atoms with Crippen LogP contribution in [0.5, 0.6) is 0 Å². The Morgan fingerprint density at radius 1 is 1.35 bits per heavy atom. The van der Waals surface area contributed by atoms with Gasteiger partial charge in [0.05, 0.1) is 0 Å². The van der Waals surface area contributed by atoms with Crippen LogP contribution in [0.2, 0.25) is 0 Å². The molecule has 2 heteroatoms. The van der Waals surface area contributed by atoms with E-state index >= 15 is 0 Å². The highest BCUT2D eigenvalue weighted by molar-refractivity contribution is 5.48. The summed E-state index contributed by atoms with van der Waals surface area (Å²) >= 11 is 0. The Labute approximate surface area is 104 Å². The summed E-state index contributed by atoms with van der Waals surface area (Å²) in [7, 11) is 0. The summed E-state index contributed by atoms with van der Waals surface area (Å²) in [5, 5.41) is 0. The van der Waals surface area contributed by atoms with Crippen LogP contribution in [0.1, 0.15) is 18.9 Å². The van der Waals surface area contributed by atoms with Gasteiger partial charge in [0.1, 0.15) is 0 Å². The van der Waals surface area contributed by atoms with Crippen LogP contribution < -0.4 is 5.73 Å². The van der Waals surface area contributed by atoms with Gasteiger partial charge in [-0.25, -0.2) is 0 Å². The van der Waals surface area contributed by atoms with E-state index in [4.69, 9.17) is 5.73 Å². The van der Waals surface area contributed by atoms with E-state index in [-0.39, 0.29) is 0 Å². The lowest BCUT2D eigenvalue weighted by Crippen LogP contribution is -2.27. The van der Waals surface area contributed by atoms with Gasteiger partial charge >= 0.3 is 0 Å². The number of benzene rings is 1. The first-order valence-corrected chi connectivity index (χ1v) is 6.45. The van der Waals surface area contributed by atoms with E-state index in [0.29, 0.717) is 12.0 Å². The fourth-order valence-electron chi connectivity index (χ4n) is 2.53. The van der Waals surface area contributed by atoms with Gasteiger partial charge in [-0.15, -0.1) is 0 Å². The van der Waals surface area contributed by atoms with Gasteiger partial charge in [-0.3, -0.25) is 4.90 Å². The van der Waals surface area contributed by atoms with E-state index in [1.54, 1.807) is 0 Å². The summed E-state index contributed by atoms with van der Waals surface area (Å²) < 4.78 is 0. The predicted molar refractivity (Wildman–Crippen MR) is 73.7 cm³/mol. The zero-order chi connectivity index (χ0) is 12.1. The summed E-state index contributed by atoms with van der Waals surface area (Å²) in [6, 6.07) is 11.1. The monoisotopic (exact) mass is 230 g/mol. The second-order valence-corrected chi connectivity index (χ2v) is 4.95. The van der Waals surface area contributed by atoms with Crippen LogP contribution in [-0.2, 0) is 0 Å². The lowest BCUT2D eigenvalue weighted by Gasteiger charge is -2.18. The van der Waals surface area contributed by atoms with Crippen molar-refractivity contribution in [2.75, 3.05) is 19.6 Å². The Morgan fingerprint density at radius 2 is 2.12 bits per heavy atom. The predicted octanol–water partition coefficient (Wildman–Crippen LogP) is 2.37. The van der Waals surface area contributed by atoms with Crippen molar-refractivity contribution in [2.45, 2.75) is 19.4 Å². The van der Waals surface area contributed by atoms with Gasteiger partial charge in [-0.2, -0.15) is 0 Å². The number of hydrogen-bond acceptors (Lipinski definition) is 2. The molecule has 0 bridgehead atoms. The van der Waals surface area contributed by atoms with Crippen molar-refractivity contribution in [3.05, 3.63) is 42.0 Å². The zero-order valence-corrected chi connectivity index (χ0v) is 10.5. The summed E-state index contributed by atoms with van der Waals surface area (Å²) in [6.07, 6.45) is 5.70. The Hall–Kier alpha value is -1.12. The van der Waals surface area contributed by atoms with Crippen LogP contribution in [0.15, 0.2) is 36.4 Å². The maximum absolute atomic E-state index is 5.73. The molecule has 1 fully saturated rings. The Morgan fingerprint density at radius 3 is 2.76 bits per heavy atom. The van der Waals surface area contributed by atoms with E-state index in [1.165, 1.54) is 12.0 Å². The standard InChI is InChI=1S/C15H22N2/c1-13-10-15(11-16)12-17(13)9-5-8-14-6-3-2-4-7-14/h2-8,13,15H,9-12,16H2,1H3/b8-5+. The van der Waals surface area contributed by atoms with E-state index in [2.05, 4.69) is 48.2 Å². The lowest BCUT2D eigenvalue weighted by atomic mass is 10.1. The first-order valence-electron chi connectivity index (χ1n) is 6.45. The van der Waals surface area contributed by atoms with Gasteiger partial charge in [0.25, 0.3) is 0 Å². The molecule has 1 heterocycles. The molecule has 1 saturated heterocycles. The fourth-order valence-corrected chi connectivity index (χ4v) is 2.53. The van der Waals surface area contributed by atoms with Crippen LogP contribution in [0, 0.1) is 5.92 Å². The zero-order valence-electron chi connectivity index (χ0n) is 10.5. The van der Waals surface area contributed by atoms with Gasteiger partial charge in [-0.1, -0.05) is 42.5 Å². The molecular weight excluding hydrogens is 208 g/mol. The average molecular weight is 230 g/mol. The van der Waals surface area contributed by atoms with Crippen LogP contribution in [0.3, 0.4) is 0 Å². The maximum atomic E-state index is 5.73. The molecule has 1 aromatic carbocycles.